The fraction of sp³-hybridized carbons (Fsp3) is 0.435. The highest BCUT2D eigenvalue weighted by atomic mass is 16.5. The van der Waals surface area contributed by atoms with Gasteiger partial charge >= 0.3 is 0 Å². The Morgan fingerprint density at radius 2 is 2.00 bits per heavy atom. The van der Waals surface area contributed by atoms with Gasteiger partial charge in [0.05, 0.1) is 24.5 Å². The Hall–Kier alpha value is -2.93. The Morgan fingerprint density at radius 3 is 2.73 bits per heavy atom. The van der Waals surface area contributed by atoms with Crippen molar-refractivity contribution in [2.24, 2.45) is 0 Å². The van der Waals surface area contributed by atoms with Gasteiger partial charge in [-0.15, -0.1) is 0 Å². The average molecular weight is 405 g/mol. The molecule has 0 spiro atoms. The quantitative estimate of drug-likeness (QED) is 0.533. The molecule has 156 valence electrons. The number of H-pyrrole nitrogens is 1. The SMILES string of the molecule is COc1cc(-c2[nH]c3cnc(C4CCNCC4)c(C)c3c2C(C)C)cn2ncnc12. The Bertz CT molecular complexity index is 1220. The molecule has 4 aromatic rings. The van der Waals surface area contributed by atoms with E-state index in [1.54, 1.807) is 18.0 Å². The van der Waals surface area contributed by atoms with Gasteiger partial charge in [-0.25, -0.2) is 9.50 Å². The van der Waals surface area contributed by atoms with Crippen molar-refractivity contribution in [3.63, 3.8) is 0 Å². The van der Waals surface area contributed by atoms with Gasteiger partial charge < -0.3 is 15.0 Å². The fourth-order valence-electron chi connectivity index (χ4n) is 4.89. The predicted molar refractivity (Wildman–Crippen MR) is 118 cm³/mol. The smallest absolute Gasteiger partial charge is 0.197 e. The summed E-state index contributed by atoms with van der Waals surface area (Å²) in [4.78, 5) is 12.9. The number of hydrogen-bond donors (Lipinski definition) is 2. The van der Waals surface area contributed by atoms with Crippen LogP contribution in [0.3, 0.4) is 0 Å². The molecule has 30 heavy (non-hydrogen) atoms. The number of rotatable bonds is 4. The van der Waals surface area contributed by atoms with E-state index < -0.39 is 0 Å². The first-order chi connectivity index (χ1) is 14.6. The maximum atomic E-state index is 5.59. The largest absolute Gasteiger partial charge is 0.493 e. The predicted octanol–water partition coefficient (Wildman–Crippen LogP) is 4.18. The van der Waals surface area contributed by atoms with Gasteiger partial charge in [0.25, 0.3) is 0 Å². The van der Waals surface area contributed by atoms with E-state index in [0.717, 1.165) is 48.4 Å². The molecule has 4 aromatic heterocycles. The number of hydrogen-bond acceptors (Lipinski definition) is 5. The van der Waals surface area contributed by atoms with Crippen molar-refractivity contribution in [1.82, 2.24) is 29.9 Å². The molecule has 0 amide bonds. The number of fused-ring (bicyclic) bond motifs is 2. The van der Waals surface area contributed by atoms with Gasteiger partial charge in [0.1, 0.15) is 6.33 Å². The number of ether oxygens (including phenoxy) is 1. The Balaban J connectivity index is 1.73. The normalized spacial score (nSPS) is 15.5. The third-order valence-corrected chi connectivity index (χ3v) is 6.31. The van der Waals surface area contributed by atoms with Crippen LogP contribution in [-0.2, 0) is 0 Å². The van der Waals surface area contributed by atoms with Crippen LogP contribution in [0.25, 0.3) is 27.8 Å². The second kappa shape index (κ2) is 7.40. The summed E-state index contributed by atoms with van der Waals surface area (Å²) in [6.07, 6.45) is 7.87. The summed E-state index contributed by atoms with van der Waals surface area (Å²) >= 11 is 0. The number of pyridine rings is 2. The lowest BCUT2D eigenvalue weighted by molar-refractivity contribution is 0.416. The molecule has 0 unspecified atom stereocenters. The van der Waals surface area contributed by atoms with Gasteiger partial charge in [0.15, 0.2) is 11.4 Å². The van der Waals surface area contributed by atoms with E-state index in [2.05, 4.69) is 41.2 Å². The average Bonchev–Trinajstić information content (AvgIpc) is 3.39. The molecular weight excluding hydrogens is 376 g/mol. The summed E-state index contributed by atoms with van der Waals surface area (Å²) in [5.41, 5.74) is 7.81. The van der Waals surface area contributed by atoms with Crippen molar-refractivity contribution in [2.45, 2.75) is 45.4 Å². The topological polar surface area (TPSA) is 80.1 Å². The second-order valence-electron chi connectivity index (χ2n) is 8.48. The summed E-state index contributed by atoms with van der Waals surface area (Å²) in [7, 11) is 1.67. The second-order valence-corrected chi connectivity index (χ2v) is 8.48. The van der Waals surface area contributed by atoms with Crippen LogP contribution in [0, 0.1) is 6.92 Å². The van der Waals surface area contributed by atoms with E-state index in [0.29, 0.717) is 17.6 Å². The zero-order valence-electron chi connectivity index (χ0n) is 18.0. The fourth-order valence-corrected chi connectivity index (χ4v) is 4.89. The molecule has 0 aromatic carbocycles. The van der Waals surface area contributed by atoms with E-state index in [1.165, 1.54) is 22.2 Å². The molecule has 7 nitrogen and oxygen atoms in total. The zero-order chi connectivity index (χ0) is 20.8. The van der Waals surface area contributed by atoms with Crippen LogP contribution < -0.4 is 10.1 Å². The lowest BCUT2D eigenvalue weighted by atomic mass is 9.88. The molecule has 5 rings (SSSR count). The lowest BCUT2D eigenvalue weighted by Gasteiger charge is -2.24. The zero-order valence-corrected chi connectivity index (χ0v) is 18.0. The van der Waals surface area contributed by atoms with Crippen molar-refractivity contribution in [3.8, 4) is 17.0 Å². The van der Waals surface area contributed by atoms with E-state index in [1.807, 2.05) is 18.5 Å². The molecule has 5 heterocycles. The number of aromatic amines is 1. The van der Waals surface area contributed by atoms with Crippen LogP contribution in [0.5, 0.6) is 5.75 Å². The molecule has 0 radical (unpaired) electrons. The van der Waals surface area contributed by atoms with Crippen LogP contribution >= 0.6 is 0 Å². The highest BCUT2D eigenvalue weighted by Crippen LogP contribution is 2.40. The number of methoxy groups -OCH3 is 1. The number of aryl methyl sites for hydroxylation is 1. The summed E-state index contributed by atoms with van der Waals surface area (Å²) in [6.45, 7) is 8.87. The minimum Gasteiger partial charge on any atom is -0.493 e. The Labute approximate surface area is 175 Å². The molecule has 1 aliphatic rings. The first kappa shape index (κ1) is 19.1. The Morgan fingerprint density at radius 1 is 1.20 bits per heavy atom. The molecule has 1 aliphatic heterocycles. The van der Waals surface area contributed by atoms with Gasteiger partial charge in [0, 0.05) is 28.8 Å². The van der Waals surface area contributed by atoms with E-state index in [-0.39, 0.29) is 0 Å². The van der Waals surface area contributed by atoms with Crippen LogP contribution in [0.4, 0.5) is 0 Å². The molecule has 0 aliphatic carbocycles. The van der Waals surface area contributed by atoms with Gasteiger partial charge in [-0.3, -0.25) is 4.98 Å². The summed E-state index contributed by atoms with van der Waals surface area (Å²) < 4.78 is 7.36. The minimum absolute atomic E-state index is 0.355. The van der Waals surface area contributed by atoms with Gasteiger partial charge in [-0.1, -0.05) is 13.8 Å². The van der Waals surface area contributed by atoms with Crippen molar-refractivity contribution >= 4 is 16.6 Å². The minimum atomic E-state index is 0.355. The van der Waals surface area contributed by atoms with Gasteiger partial charge in [0.2, 0.25) is 0 Å². The highest BCUT2D eigenvalue weighted by molar-refractivity contribution is 5.94. The third kappa shape index (κ3) is 2.96. The van der Waals surface area contributed by atoms with Gasteiger partial charge in [-0.2, -0.15) is 5.10 Å². The van der Waals surface area contributed by atoms with E-state index in [9.17, 15) is 0 Å². The standard InChI is InChI=1S/C23H28N6O/c1-13(2)19-20-14(3)21(15-5-7-24-8-6-15)25-10-17(20)28-22(19)16-9-18(30-4)23-26-12-27-29(23)11-16/h9-13,15,24,28H,5-8H2,1-4H3. The third-order valence-electron chi connectivity index (χ3n) is 6.31. The Kier molecular flexibility index (Phi) is 4.70. The van der Waals surface area contributed by atoms with Crippen molar-refractivity contribution in [2.75, 3.05) is 20.2 Å². The van der Waals surface area contributed by atoms with E-state index in [4.69, 9.17) is 9.72 Å². The molecule has 2 N–H and O–H groups in total. The summed E-state index contributed by atoms with van der Waals surface area (Å²) in [5, 5.41) is 9.10. The molecule has 1 saturated heterocycles. The summed E-state index contributed by atoms with van der Waals surface area (Å²) in [6, 6.07) is 2.04. The van der Waals surface area contributed by atoms with Crippen LogP contribution in [0.2, 0.25) is 0 Å². The number of piperidine rings is 1. The molecule has 0 saturated carbocycles. The number of nitrogens with zero attached hydrogens (tertiary/aromatic N) is 4. The van der Waals surface area contributed by atoms with Crippen molar-refractivity contribution in [3.05, 3.63) is 41.6 Å². The van der Waals surface area contributed by atoms with Crippen LogP contribution in [0.15, 0.2) is 24.8 Å². The molecule has 7 heteroatoms. The van der Waals surface area contributed by atoms with Crippen molar-refractivity contribution < 1.29 is 4.74 Å². The monoisotopic (exact) mass is 404 g/mol. The van der Waals surface area contributed by atoms with Crippen molar-refractivity contribution in [1.29, 1.82) is 0 Å². The van der Waals surface area contributed by atoms with E-state index >= 15 is 0 Å². The summed E-state index contributed by atoms with van der Waals surface area (Å²) in [5.74, 6) is 1.59. The first-order valence-corrected chi connectivity index (χ1v) is 10.7. The molecular formula is C23H28N6O. The maximum Gasteiger partial charge on any atom is 0.197 e. The first-order valence-electron chi connectivity index (χ1n) is 10.7. The maximum absolute atomic E-state index is 5.59. The highest BCUT2D eigenvalue weighted by Gasteiger charge is 2.24. The molecule has 1 fully saturated rings. The van der Waals surface area contributed by atoms with Crippen LogP contribution in [0.1, 0.15) is 55.3 Å². The lowest BCUT2D eigenvalue weighted by Crippen LogP contribution is -2.27. The van der Waals surface area contributed by atoms with Crippen LogP contribution in [-0.4, -0.2) is 44.8 Å². The number of nitrogens with one attached hydrogen (secondary N) is 2. The number of aromatic nitrogens is 5. The molecule has 0 bridgehead atoms. The van der Waals surface area contributed by atoms with Gasteiger partial charge in [-0.05, 0) is 56.0 Å². The molecule has 0 atom stereocenters.